The predicted octanol–water partition coefficient (Wildman–Crippen LogP) is 3.90. The average molecular weight is 405 g/mol. The first kappa shape index (κ1) is 20.6. The van der Waals surface area contributed by atoms with Crippen molar-refractivity contribution in [3.8, 4) is 0 Å². The van der Waals surface area contributed by atoms with Crippen LogP contribution in [0.2, 0.25) is 0 Å². The molecule has 0 radical (unpaired) electrons. The van der Waals surface area contributed by atoms with E-state index in [1.807, 2.05) is 25.3 Å². The molecule has 28 heavy (non-hydrogen) atoms. The zero-order valence-corrected chi connectivity index (χ0v) is 17.3. The quantitative estimate of drug-likeness (QED) is 0.430. The number of rotatable bonds is 5. The number of thioether (sulfide) groups is 1. The topological polar surface area (TPSA) is 61.2 Å². The minimum absolute atomic E-state index is 0.0264. The van der Waals surface area contributed by atoms with Crippen molar-refractivity contribution >= 4 is 17.7 Å². The van der Waals surface area contributed by atoms with E-state index in [2.05, 4.69) is 4.98 Å². The van der Waals surface area contributed by atoms with E-state index in [0.717, 1.165) is 30.5 Å². The molecule has 0 unspecified atom stereocenters. The number of hydrogen-bond acceptors (Lipinski definition) is 5. The van der Waals surface area contributed by atoms with Gasteiger partial charge >= 0.3 is 5.97 Å². The lowest BCUT2D eigenvalue weighted by Gasteiger charge is -2.25. The first-order valence-electron chi connectivity index (χ1n) is 9.44. The van der Waals surface area contributed by atoms with Crippen molar-refractivity contribution in [3.63, 3.8) is 0 Å². The number of benzene rings is 1. The van der Waals surface area contributed by atoms with Crippen molar-refractivity contribution in [1.29, 1.82) is 0 Å². The van der Waals surface area contributed by atoms with E-state index in [-0.39, 0.29) is 23.9 Å². The van der Waals surface area contributed by atoms with Crippen molar-refractivity contribution < 1.29 is 13.9 Å². The average Bonchev–Trinajstić information content (AvgIpc) is 2.62. The Morgan fingerprint density at radius 3 is 2.57 bits per heavy atom. The number of halogens is 1. The molecule has 1 heterocycles. The summed E-state index contributed by atoms with van der Waals surface area (Å²) in [6.07, 6.45) is 3.38. The first-order valence-corrected chi connectivity index (χ1v) is 10.4. The van der Waals surface area contributed by atoms with Gasteiger partial charge in [-0.15, -0.1) is 0 Å². The number of carbonyl (C=O) groups is 1. The third-order valence-corrected chi connectivity index (χ3v) is 5.49. The SMILES string of the molecule is CC(C)(C)OC(=O)Cn1c(SCc2ccc(F)cc2)nc(=O)c2c1CCCC2. The van der Waals surface area contributed by atoms with Gasteiger partial charge in [-0.2, -0.15) is 4.98 Å². The molecule has 0 amide bonds. The summed E-state index contributed by atoms with van der Waals surface area (Å²) < 4.78 is 20.4. The Morgan fingerprint density at radius 1 is 1.21 bits per heavy atom. The van der Waals surface area contributed by atoms with E-state index in [1.165, 1.54) is 23.9 Å². The van der Waals surface area contributed by atoms with Crippen LogP contribution in [0.1, 0.15) is 50.4 Å². The number of carbonyl (C=O) groups excluding carboxylic acids is 1. The van der Waals surface area contributed by atoms with Crippen LogP contribution in [0.3, 0.4) is 0 Å². The molecule has 7 heteroatoms. The fourth-order valence-corrected chi connectivity index (χ4v) is 4.22. The number of nitrogens with zero attached hydrogens (tertiary/aromatic N) is 2. The maximum Gasteiger partial charge on any atom is 0.326 e. The molecule has 1 aliphatic rings. The lowest BCUT2D eigenvalue weighted by molar-refractivity contribution is -0.155. The second-order valence-electron chi connectivity index (χ2n) is 7.92. The van der Waals surface area contributed by atoms with Gasteiger partial charge in [0.1, 0.15) is 18.0 Å². The normalized spacial score (nSPS) is 13.9. The summed E-state index contributed by atoms with van der Waals surface area (Å²) in [6.45, 7) is 5.51. The maximum atomic E-state index is 13.1. The van der Waals surface area contributed by atoms with Crippen LogP contribution >= 0.6 is 11.8 Å². The van der Waals surface area contributed by atoms with Crippen molar-refractivity contribution in [1.82, 2.24) is 9.55 Å². The van der Waals surface area contributed by atoms with Crippen molar-refractivity contribution in [2.75, 3.05) is 0 Å². The largest absolute Gasteiger partial charge is 0.459 e. The van der Waals surface area contributed by atoms with Crippen molar-refractivity contribution in [2.45, 2.75) is 69.5 Å². The minimum Gasteiger partial charge on any atom is -0.459 e. The van der Waals surface area contributed by atoms with Crippen molar-refractivity contribution in [3.05, 3.63) is 57.3 Å². The lowest BCUT2D eigenvalue weighted by Crippen LogP contribution is -2.31. The second kappa shape index (κ2) is 8.47. The van der Waals surface area contributed by atoms with Crippen molar-refractivity contribution in [2.24, 2.45) is 0 Å². The Labute approximate surface area is 168 Å². The molecule has 1 aliphatic carbocycles. The number of esters is 1. The van der Waals surface area contributed by atoms with E-state index in [4.69, 9.17) is 4.74 Å². The zero-order valence-electron chi connectivity index (χ0n) is 16.5. The molecule has 0 N–H and O–H groups in total. The molecular formula is C21H25FN2O3S. The van der Waals surface area contributed by atoms with Gasteiger partial charge in [0.2, 0.25) is 0 Å². The van der Waals surface area contributed by atoms with Crippen LogP contribution in [0.4, 0.5) is 4.39 Å². The van der Waals surface area contributed by atoms with Crippen LogP contribution in [0, 0.1) is 5.82 Å². The zero-order chi connectivity index (χ0) is 20.3. The van der Waals surface area contributed by atoms with Crippen LogP contribution in [0.5, 0.6) is 0 Å². The van der Waals surface area contributed by atoms with E-state index >= 15 is 0 Å². The fourth-order valence-electron chi connectivity index (χ4n) is 3.25. The van der Waals surface area contributed by atoms with Gasteiger partial charge in [-0.05, 0) is 64.2 Å². The summed E-state index contributed by atoms with van der Waals surface area (Å²) in [5.41, 5.74) is 1.73. The number of fused-ring (bicyclic) bond motifs is 1. The Hall–Kier alpha value is -2.15. The number of aromatic nitrogens is 2. The molecule has 5 nitrogen and oxygen atoms in total. The van der Waals surface area contributed by atoms with E-state index in [0.29, 0.717) is 22.9 Å². The van der Waals surface area contributed by atoms with E-state index < -0.39 is 5.60 Å². The lowest BCUT2D eigenvalue weighted by atomic mass is 9.97. The van der Waals surface area contributed by atoms with Crippen LogP contribution in [0.25, 0.3) is 0 Å². The molecule has 150 valence electrons. The minimum atomic E-state index is -0.578. The Bertz CT molecular complexity index is 917. The van der Waals surface area contributed by atoms with E-state index in [1.54, 1.807) is 12.1 Å². The molecular weight excluding hydrogens is 379 g/mol. The van der Waals surface area contributed by atoms with Gasteiger partial charge in [0.05, 0.1) is 0 Å². The molecule has 2 aromatic rings. The van der Waals surface area contributed by atoms with Gasteiger partial charge in [-0.3, -0.25) is 9.59 Å². The van der Waals surface area contributed by atoms with Crippen LogP contribution in [0.15, 0.2) is 34.2 Å². The molecule has 1 aromatic heterocycles. The van der Waals surface area contributed by atoms with Gasteiger partial charge in [0.15, 0.2) is 5.16 Å². The Kier molecular flexibility index (Phi) is 6.23. The smallest absolute Gasteiger partial charge is 0.326 e. The van der Waals surface area contributed by atoms with Gasteiger partial charge in [-0.25, -0.2) is 4.39 Å². The van der Waals surface area contributed by atoms with Gasteiger partial charge in [-0.1, -0.05) is 23.9 Å². The monoisotopic (exact) mass is 404 g/mol. The molecule has 0 spiro atoms. The second-order valence-corrected chi connectivity index (χ2v) is 8.86. The summed E-state index contributed by atoms with van der Waals surface area (Å²) in [4.78, 5) is 29.2. The standard InChI is InChI=1S/C21H25FN2O3S/c1-21(2,3)27-18(25)12-24-17-7-5-4-6-16(17)19(26)23-20(24)28-13-14-8-10-15(22)11-9-14/h8-11H,4-7,12-13H2,1-3H3. The summed E-state index contributed by atoms with van der Waals surface area (Å²) in [5.74, 6) is -0.114. The van der Waals surface area contributed by atoms with Gasteiger partial charge in [0.25, 0.3) is 5.56 Å². The van der Waals surface area contributed by atoms with Gasteiger partial charge in [0, 0.05) is 17.0 Å². The molecule has 3 rings (SSSR count). The number of ether oxygens (including phenoxy) is 1. The Morgan fingerprint density at radius 2 is 1.89 bits per heavy atom. The molecule has 0 fully saturated rings. The van der Waals surface area contributed by atoms with Crippen LogP contribution in [-0.4, -0.2) is 21.1 Å². The molecule has 0 saturated heterocycles. The summed E-state index contributed by atoms with van der Waals surface area (Å²) in [6, 6.07) is 6.22. The van der Waals surface area contributed by atoms with Gasteiger partial charge < -0.3 is 9.30 Å². The highest BCUT2D eigenvalue weighted by molar-refractivity contribution is 7.98. The van der Waals surface area contributed by atoms with Crippen LogP contribution in [-0.2, 0) is 34.7 Å². The fraction of sp³-hybridized carbons (Fsp3) is 0.476. The highest BCUT2D eigenvalue weighted by Crippen LogP contribution is 2.26. The summed E-state index contributed by atoms with van der Waals surface area (Å²) in [5, 5.41) is 0.501. The maximum absolute atomic E-state index is 13.1. The molecule has 0 bridgehead atoms. The molecule has 0 saturated carbocycles. The third-order valence-electron chi connectivity index (χ3n) is 4.44. The highest BCUT2D eigenvalue weighted by atomic mass is 32.2. The first-order chi connectivity index (χ1) is 13.2. The molecule has 0 aliphatic heterocycles. The Balaban J connectivity index is 1.91. The summed E-state index contributed by atoms with van der Waals surface area (Å²) >= 11 is 1.37. The third kappa shape index (κ3) is 5.22. The summed E-state index contributed by atoms with van der Waals surface area (Å²) in [7, 11) is 0. The number of hydrogen-bond donors (Lipinski definition) is 0. The van der Waals surface area contributed by atoms with Crippen LogP contribution < -0.4 is 5.56 Å². The predicted molar refractivity (Wildman–Crippen MR) is 107 cm³/mol. The highest BCUT2D eigenvalue weighted by Gasteiger charge is 2.24. The molecule has 1 aromatic carbocycles. The molecule has 0 atom stereocenters. The van der Waals surface area contributed by atoms with E-state index in [9.17, 15) is 14.0 Å².